The Kier molecular flexibility index (Phi) is 3.35. The lowest BCUT2D eigenvalue weighted by molar-refractivity contribution is 0.417. The predicted molar refractivity (Wildman–Crippen MR) is 54.7 cm³/mol. The maximum atomic E-state index is 12.9. The molecule has 0 bridgehead atoms. The number of methoxy groups -OCH3 is 1. The Labute approximate surface area is 79.0 Å². The van der Waals surface area contributed by atoms with Crippen molar-refractivity contribution in [2.75, 3.05) is 7.11 Å². The molecule has 0 aromatic heterocycles. The molecule has 0 unspecified atom stereocenters. The molecule has 0 amide bonds. The van der Waals surface area contributed by atoms with Crippen LogP contribution in [0, 0.1) is 5.82 Å². The lowest BCUT2D eigenvalue weighted by Gasteiger charge is -2.11. The molecule has 0 heterocycles. The third-order valence-electron chi connectivity index (χ3n) is 2.34. The minimum absolute atomic E-state index is 0.198. The Morgan fingerprint density at radius 3 is 2.69 bits per heavy atom. The molecule has 0 aliphatic carbocycles. The molecule has 0 fully saturated rings. The Balaban J connectivity index is 3.07. The van der Waals surface area contributed by atoms with Crippen LogP contribution in [0.15, 0.2) is 18.2 Å². The Morgan fingerprint density at radius 2 is 2.15 bits per heavy atom. The van der Waals surface area contributed by atoms with Crippen molar-refractivity contribution in [2.24, 2.45) is 0 Å². The fourth-order valence-corrected chi connectivity index (χ4v) is 1.31. The van der Waals surface area contributed by atoms with E-state index < -0.39 is 0 Å². The van der Waals surface area contributed by atoms with E-state index in [1.807, 2.05) is 0 Å². The van der Waals surface area contributed by atoms with E-state index in [0.29, 0.717) is 6.71 Å². The third kappa shape index (κ3) is 2.23. The van der Waals surface area contributed by atoms with Gasteiger partial charge in [-0.2, -0.15) is 0 Å². The zero-order valence-corrected chi connectivity index (χ0v) is 8.30. The topological polar surface area (TPSA) is 9.23 Å². The number of benzene rings is 1. The first-order valence-electron chi connectivity index (χ1n) is 4.52. The lowest BCUT2D eigenvalue weighted by atomic mass is 9.45. The zero-order valence-electron chi connectivity index (χ0n) is 8.30. The normalized spacial score (nSPS) is 9.85. The number of halogens is 1. The summed E-state index contributed by atoms with van der Waals surface area (Å²) >= 11 is 0. The molecule has 0 saturated heterocycles. The maximum absolute atomic E-state index is 12.9. The predicted octanol–water partition coefficient (Wildman–Crippen LogP) is 2.19. The van der Waals surface area contributed by atoms with E-state index in [-0.39, 0.29) is 5.82 Å². The van der Waals surface area contributed by atoms with E-state index >= 15 is 0 Å². The van der Waals surface area contributed by atoms with Gasteiger partial charge in [0.05, 0.1) is 7.11 Å². The van der Waals surface area contributed by atoms with Gasteiger partial charge >= 0.3 is 0 Å². The summed E-state index contributed by atoms with van der Waals surface area (Å²) in [5.74, 6) is 0.576. The second-order valence-electron chi connectivity index (χ2n) is 3.20. The van der Waals surface area contributed by atoms with Crippen molar-refractivity contribution in [3.8, 4) is 5.75 Å². The molecule has 0 spiro atoms. The highest BCUT2D eigenvalue weighted by molar-refractivity contribution is 6.72. The van der Waals surface area contributed by atoms with Crippen LogP contribution in [0.4, 0.5) is 4.39 Å². The van der Waals surface area contributed by atoms with Crippen LogP contribution >= 0.6 is 0 Å². The molecule has 1 nitrogen and oxygen atoms in total. The average molecular weight is 180 g/mol. The second-order valence-corrected chi connectivity index (χ2v) is 3.20. The molecule has 1 aromatic carbocycles. The van der Waals surface area contributed by atoms with Crippen molar-refractivity contribution in [1.29, 1.82) is 0 Å². The smallest absolute Gasteiger partial charge is 0.177 e. The van der Waals surface area contributed by atoms with Gasteiger partial charge in [-0.05, 0) is 23.7 Å². The standard InChI is InChI=1S/C10H14BFO/c1-4-11(2)9-7-8(12)5-6-10(9)13-3/h5-7H,4H2,1-3H3. The van der Waals surface area contributed by atoms with Crippen molar-refractivity contribution in [3.05, 3.63) is 24.0 Å². The quantitative estimate of drug-likeness (QED) is 0.647. The SMILES string of the molecule is CCB(C)c1cc(F)ccc1OC. The van der Waals surface area contributed by atoms with E-state index in [2.05, 4.69) is 13.7 Å². The molecule has 13 heavy (non-hydrogen) atoms. The molecule has 0 aliphatic rings. The van der Waals surface area contributed by atoms with Crippen LogP contribution in [0.3, 0.4) is 0 Å². The molecule has 70 valence electrons. The molecule has 0 atom stereocenters. The van der Waals surface area contributed by atoms with Gasteiger partial charge in [0.1, 0.15) is 11.6 Å². The largest absolute Gasteiger partial charge is 0.497 e. The van der Waals surface area contributed by atoms with E-state index in [0.717, 1.165) is 17.5 Å². The molecule has 0 radical (unpaired) electrons. The van der Waals surface area contributed by atoms with Gasteiger partial charge in [-0.1, -0.05) is 20.1 Å². The molecule has 1 aromatic rings. The highest BCUT2D eigenvalue weighted by Crippen LogP contribution is 2.10. The van der Waals surface area contributed by atoms with Crippen LogP contribution < -0.4 is 10.2 Å². The first kappa shape index (κ1) is 10.1. The number of hydrogen-bond donors (Lipinski definition) is 0. The summed E-state index contributed by atoms with van der Waals surface area (Å²) in [6.45, 7) is 4.48. The van der Waals surface area contributed by atoms with Gasteiger partial charge in [-0.25, -0.2) is 4.39 Å². The molecule has 1 rings (SSSR count). The second kappa shape index (κ2) is 4.31. The number of hydrogen-bond acceptors (Lipinski definition) is 1. The number of rotatable bonds is 3. The third-order valence-corrected chi connectivity index (χ3v) is 2.34. The van der Waals surface area contributed by atoms with E-state index in [9.17, 15) is 4.39 Å². The highest BCUT2D eigenvalue weighted by atomic mass is 19.1. The Morgan fingerprint density at radius 1 is 1.46 bits per heavy atom. The minimum atomic E-state index is -0.198. The van der Waals surface area contributed by atoms with E-state index in [4.69, 9.17) is 4.74 Å². The molecular formula is C10H14BFO. The lowest BCUT2D eigenvalue weighted by Crippen LogP contribution is -2.27. The fourth-order valence-electron chi connectivity index (χ4n) is 1.31. The summed E-state index contributed by atoms with van der Waals surface area (Å²) in [4.78, 5) is 0. The Hall–Kier alpha value is -0.985. The van der Waals surface area contributed by atoms with Crippen LogP contribution in [0.25, 0.3) is 0 Å². The van der Waals surface area contributed by atoms with Crippen molar-refractivity contribution in [2.45, 2.75) is 20.1 Å². The van der Waals surface area contributed by atoms with E-state index in [1.54, 1.807) is 19.2 Å². The van der Waals surface area contributed by atoms with Gasteiger partial charge < -0.3 is 4.74 Å². The summed E-state index contributed by atoms with van der Waals surface area (Å²) in [6.07, 6.45) is 0.986. The molecule has 0 N–H and O–H groups in total. The van der Waals surface area contributed by atoms with Gasteiger partial charge in [0.25, 0.3) is 0 Å². The van der Waals surface area contributed by atoms with Crippen molar-refractivity contribution >= 4 is 12.2 Å². The van der Waals surface area contributed by atoms with Crippen LogP contribution in [-0.4, -0.2) is 13.8 Å². The van der Waals surface area contributed by atoms with Crippen LogP contribution in [0.2, 0.25) is 13.1 Å². The van der Waals surface area contributed by atoms with Gasteiger partial charge in [0.15, 0.2) is 6.71 Å². The van der Waals surface area contributed by atoms with Gasteiger partial charge in [0.2, 0.25) is 0 Å². The average Bonchev–Trinajstić information content (AvgIpc) is 2.16. The van der Waals surface area contributed by atoms with Crippen LogP contribution in [0.1, 0.15) is 6.92 Å². The molecule has 0 aliphatic heterocycles. The van der Waals surface area contributed by atoms with Crippen molar-refractivity contribution in [3.63, 3.8) is 0 Å². The maximum Gasteiger partial charge on any atom is 0.177 e. The molecule has 0 saturated carbocycles. The zero-order chi connectivity index (χ0) is 9.84. The summed E-state index contributed by atoms with van der Waals surface area (Å²) in [7, 11) is 1.61. The van der Waals surface area contributed by atoms with Crippen molar-refractivity contribution in [1.82, 2.24) is 0 Å². The minimum Gasteiger partial charge on any atom is -0.497 e. The van der Waals surface area contributed by atoms with Gasteiger partial charge in [-0.3, -0.25) is 0 Å². The van der Waals surface area contributed by atoms with Gasteiger partial charge in [-0.15, -0.1) is 0 Å². The highest BCUT2D eigenvalue weighted by Gasteiger charge is 2.13. The van der Waals surface area contributed by atoms with E-state index in [1.165, 1.54) is 6.07 Å². The summed E-state index contributed by atoms with van der Waals surface area (Å²) < 4.78 is 18.1. The van der Waals surface area contributed by atoms with Crippen molar-refractivity contribution < 1.29 is 9.13 Å². The monoisotopic (exact) mass is 180 g/mol. The molecular weight excluding hydrogens is 166 g/mol. The first-order valence-corrected chi connectivity index (χ1v) is 4.52. The first-order chi connectivity index (χ1) is 6.19. The van der Waals surface area contributed by atoms with Crippen LogP contribution in [-0.2, 0) is 0 Å². The Bertz CT molecular complexity index is 288. The summed E-state index contributed by atoms with van der Waals surface area (Å²) in [6, 6.07) is 4.65. The molecule has 3 heteroatoms. The van der Waals surface area contributed by atoms with Gasteiger partial charge in [0, 0.05) is 0 Å². The number of ether oxygens (including phenoxy) is 1. The summed E-state index contributed by atoms with van der Waals surface area (Å²) in [5.41, 5.74) is 0.949. The fraction of sp³-hybridized carbons (Fsp3) is 0.400. The van der Waals surface area contributed by atoms with Crippen LogP contribution in [0.5, 0.6) is 5.75 Å². The summed E-state index contributed by atoms with van der Waals surface area (Å²) in [5, 5.41) is 0.